The molecule has 31 heavy (non-hydrogen) atoms. The summed E-state index contributed by atoms with van der Waals surface area (Å²) in [6, 6.07) is 9.68. The van der Waals surface area contributed by atoms with Crippen molar-refractivity contribution in [3.8, 4) is 5.75 Å². The lowest BCUT2D eigenvalue weighted by atomic mass is 9.74. The fourth-order valence-electron chi connectivity index (χ4n) is 5.71. The van der Waals surface area contributed by atoms with Gasteiger partial charge in [-0.1, -0.05) is 12.1 Å². The first kappa shape index (κ1) is 21.4. The van der Waals surface area contributed by atoms with Gasteiger partial charge in [0.1, 0.15) is 5.75 Å². The van der Waals surface area contributed by atoms with E-state index in [4.69, 9.17) is 14.6 Å². The minimum atomic E-state index is -0.250. The average Bonchev–Trinajstić information content (AvgIpc) is 3.34. The molecule has 1 aromatic carbocycles. The molecule has 1 amide bonds. The first-order valence-corrected chi connectivity index (χ1v) is 10.9. The van der Waals surface area contributed by atoms with Crippen LogP contribution in [0.2, 0.25) is 0 Å². The molecule has 4 heterocycles. The molecule has 166 valence electrons. The fraction of sp³-hybridized carbons (Fsp3) is 0.522. The zero-order valence-electron chi connectivity index (χ0n) is 17.8. The number of likely N-dealkylation sites (tertiary alicyclic amines) is 1. The summed E-state index contributed by atoms with van der Waals surface area (Å²) in [5, 5.41) is 13.6. The lowest BCUT2D eigenvalue weighted by molar-refractivity contribution is -0.122. The summed E-state index contributed by atoms with van der Waals surface area (Å²) in [4.78, 5) is 26.0. The van der Waals surface area contributed by atoms with E-state index in [1.807, 2.05) is 0 Å². The molecule has 0 radical (unpaired) electrons. The number of benzene rings is 1. The molecule has 3 fully saturated rings. The summed E-state index contributed by atoms with van der Waals surface area (Å²) in [6.45, 7) is 2.57. The second-order valence-electron chi connectivity index (χ2n) is 8.65. The highest BCUT2D eigenvalue weighted by atomic mass is 16.5. The maximum Gasteiger partial charge on any atom is 0.290 e. The van der Waals surface area contributed by atoms with Gasteiger partial charge in [-0.15, -0.1) is 0 Å². The van der Waals surface area contributed by atoms with Gasteiger partial charge in [-0.3, -0.25) is 19.6 Å². The first-order valence-electron chi connectivity index (χ1n) is 10.9. The first-order chi connectivity index (χ1) is 15.1. The second-order valence-corrected chi connectivity index (χ2v) is 8.65. The van der Waals surface area contributed by atoms with Crippen LogP contribution in [0.15, 0.2) is 36.7 Å². The monoisotopic (exact) mass is 426 g/mol. The molecule has 8 heteroatoms. The van der Waals surface area contributed by atoms with E-state index >= 15 is 0 Å². The minimum absolute atomic E-state index is 0.124. The van der Waals surface area contributed by atoms with Crippen molar-refractivity contribution >= 4 is 12.4 Å². The van der Waals surface area contributed by atoms with Crippen LogP contribution in [0.1, 0.15) is 47.6 Å². The second kappa shape index (κ2) is 9.51. The van der Waals surface area contributed by atoms with Crippen molar-refractivity contribution in [2.45, 2.75) is 37.8 Å². The SMILES string of the molecule is COc1ccc([C@H]2CCC[C@H]3[C@@H]4C[C@@H](CN(C(=O)c5cn[nH]c5)C4)CN23)cc1.O=CO. The summed E-state index contributed by atoms with van der Waals surface area (Å²) in [7, 11) is 1.72. The highest BCUT2D eigenvalue weighted by Gasteiger charge is 2.45. The summed E-state index contributed by atoms with van der Waals surface area (Å²) in [6.07, 6.45) is 8.33. The van der Waals surface area contributed by atoms with Crippen LogP contribution in [-0.2, 0) is 4.79 Å². The third-order valence-corrected chi connectivity index (χ3v) is 6.92. The molecule has 0 unspecified atom stereocenters. The number of methoxy groups -OCH3 is 1. The number of carbonyl (C=O) groups is 2. The molecule has 8 nitrogen and oxygen atoms in total. The Hall–Kier alpha value is -2.87. The standard InChI is InChI=1S/C22H28N4O2.CH2O2/c1-28-19-7-5-16(6-8-19)20-3-2-4-21-17-9-15(13-26(20)21)12-25(14-17)22(27)18-10-23-24-11-18;2-1-3/h5-8,10-11,15,17,20-21H,2-4,9,12-14H2,1H3,(H,23,24);1H,(H,2,3)/t15-,17+,20+,21-;/m0./s1. The van der Waals surface area contributed by atoms with E-state index in [0.717, 1.165) is 25.4 Å². The molecular formula is C23H30N4O4. The highest BCUT2D eigenvalue weighted by Crippen LogP contribution is 2.44. The Morgan fingerprint density at radius 3 is 2.68 bits per heavy atom. The topological polar surface area (TPSA) is 98.8 Å². The van der Waals surface area contributed by atoms with Gasteiger partial charge in [-0.25, -0.2) is 0 Å². The van der Waals surface area contributed by atoms with Crippen LogP contribution in [0.3, 0.4) is 0 Å². The van der Waals surface area contributed by atoms with Crippen molar-refractivity contribution < 1.29 is 19.4 Å². The number of carbonyl (C=O) groups excluding carboxylic acids is 1. The number of rotatable bonds is 3. The predicted octanol–water partition coefficient (Wildman–Crippen LogP) is 2.81. The van der Waals surface area contributed by atoms with Crippen LogP contribution in [-0.4, -0.2) is 70.3 Å². The summed E-state index contributed by atoms with van der Waals surface area (Å²) >= 11 is 0. The lowest BCUT2D eigenvalue weighted by Gasteiger charge is -2.55. The van der Waals surface area contributed by atoms with Crippen LogP contribution in [0.25, 0.3) is 0 Å². The highest BCUT2D eigenvalue weighted by molar-refractivity contribution is 5.93. The van der Waals surface area contributed by atoms with Gasteiger partial charge in [-0.05, 0) is 55.2 Å². The largest absolute Gasteiger partial charge is 0.497 e. The zero-order chi connectivity index (χ0) is 21.8. The van der Waals surface area contributed by atoms with Crippen LogP contribution in [0.4, 0.5) is 0 Å². The van der Waals surface area contributed by atoms with Gasteiger partial charge >= 0.3 is 0 Å². The Kier molecular flexibility index (Phi) is 6.56. The van der Waals surface area contributed by atoms with Crippen LogP contribution in [0.5, 0.6) is 5.75 Å². The molecule has 0 spiro atoms. The molecule has 0 saturated carbocycles. The van der Waals surface area contributed by atoms with Crippen molar-refractivity contribution in [2.75, 3.05) is 26.7 Å². The maximum absolute atomic E-state index is 12.8. The summed E-state index contributed by atoms with van der Waals surface area (Å²) in [5.74, 6) is 2.17. The van der Waals surface area contributed by atoms with E-state index in [-0.39, 0.29) is 12.4 Å². The van der Waals surface area contributed by atoms with Crippen molar-refractivity contribution in [1.29, 1.82) is 0 Å². The number of ether oxygens (including phenoxy) is 1. The molecular weight excluding hydrogens is 396 g/mol. The average molecular weight is 427 g/mol. The molecule has 4 atom stereocenters. The molecule has 3 saturated heterocycles. The third kappa shape index (κ3) is 4.44. The predicted molar refractivity (Wildman–Crippen MR) is 115 cm³/mol. The van der Waals surface area contributed by atoms with E-state index in [9.17, 15) is 4.79 Å². The quantitative estimate of drug-likeness (QED) is 0.733. The molecule has 3 aliphatic heterocycles. The number of nitrogens with zero attached hydrogens (tertiary/aromatic N) is 3. The Labute approximate surface area is 182 Å². The van der Waals surface area contributed by atoms with Crippen LogP contribution < -0.4 is 4.74 Å². The number of H-pyrrole nitrogens is 1. The molecule has 2 aromatic rings. The van der Waals surface area contributed by atoms with E-state index in [0.29, 0.717) is 29.5 Å². The zero-order valence-corrected chi connectivity index (χ0v) is 17.8. The van der Waals surface area contributed by atoms with E-state index in [1.165, 1.54) is 31.2 Å². The van der Waals surface area contributed by atoms with Gasteiger partial charge in [0.15, 0.2) is 0 Å². The van der Waals surface area contributed by atoms with E-state index < -0.39 is 0 Å². The van der Waals surface area contributed by atoms with Gasteiger partial charge in [0, 0.05) is 37.9 Å². The molecule has 1 aromatic heterocycles. The number of nitrogens with one attached hydrogen (secondary N) is 1. The Morgan fingerprint density at radius 1 is 1.23 bits per heavy atom. The van der Waals surface area contributed by atoms with E-state index in [2.05, 4.69) is 44.3 Å². The lowest BCUT2D eigenvalue weighted by Crippen LogP contribution is -2.60. The Morgan fingerprint density at radius 2 is 2.00 bits per heavy atom. The van der Waals surface area contributed by atoms with Crippen LogP contribution >= 0.6 is 0 Å². The van der Waals surface area contributed by atoms with Crippen molar-refractivity contribution in [3.05, 3.63) is 47.8 Å². The number of carboxylic acid groups (broad SMARTS) is 1. The van der Waals surface area contributed by atoms with Gasteiger partial charge < -0.3 is 14.7 Å². The number of fused-ring (bicyclic) bond motifs is 4. The number of aromatic nitrogens is 2. The summed E-state index contributed by atoms with van der Waals surface area (Å²) in [5.41, 5.74) is 2.08. The Bertz CT molecular complexity index is 870. The van der Waals surface area contributed by atoms with Crippen molar-refractivity contribution in [2.24, 2.45) is 11.8 Å². The van der Waals surface area contributed by atoms with Gasteiger partial charge in [-0.2, -0.15) is 5.10 Å². The fourth-order valence-corrected chi connectivity index (χ4v) is 5.71. The number of hydrogen-bond donors (Lipinski definition) is 2. The number of aromatic amines is 1. The molecule has 0 aliphatic carbocycles. The molecule has 2 bridgehead atoms. The van der Waals surface area contributed by atoms with Gasteiger partial charge in [0.2, 0.25) is 0 Å². The van der Waals surface area contributed by atoms with Crippen molar-refractivity contribution in [3.63, 3.8) is 0 Å². The van der Waals surface area contributed by atoms with Crippen LogP contribution in [0, 0.1) is 11.8 Å². The summed E-state index contributed by atoms with van der Waals surface area (Å²) < 4.78 is 5.33. The normalized spacial score (nSPS) is 27.5. The van der Waals surface area contributed by atoms with Gasteiger partial charge in [0.25, 0.3) is 12.4 Å². The number of piperidine rings is 3. The third-order valence-electron chi connectivity index (χ3n) is 6.92. The molecule has 3 aliphatic rings. The van der Waals surface area contributed by atoms with Gasteiger partial charge in [0.05, 0.1) is 18.9 Å². The smallest absolute Gasteiger partial charge is 0.290 e. The number of amides is 1. The minimum Gasteiger partial charge on any atom is -0.497 e. The Balaban J connectivity index is 0.000000730. The van der Waals surface area contributed by atoms with Crippen molar-refractivity contribution in [1.82, 2.24) is 20.0 Å². The molecule has 2 N–H and O–H groups in total. The van der Waals surface area contributed by atoms with E-state index in [1.54, 1.807) is 19.5 Å². The molecule has 5 rings (SSSR count). The maximum atomic E-state index is 12.8. The number of hydrogen-bond acceptors (Lipinski definition) is 5.